The summed E-state index contributed by atoms with van der Waals surface area (Å²) in [4.78, 5) is 14.6. The Morgan fingerprint density at radius 2 is 1.97 bits per heavy atom. The summed E-state index contributed by atoms with van der Waals surface area (Å²) in [7, 11) is 5.67. The van der Waals surface area contributed by atoms with Crippen molar-refractivity contribution in [1.82, 2.24) is 15.5 Å². The van der Waals surface area contributed by atoms with Gasteiger partial charge in [0.25, 0.3) is 0 Å². The molecular weight excluding hydrogens is 413 g/mol. The second kappa shape index (κ2) is 12.5. The normalized spacial score (nSPS) is 22.8. The molecule has 8 heteroatoms. The number of nitrogens with one attached hydrogen (secondary N) is 2. The molecule has 1 heterocycles. The lowest BCUT2D eigenvalue weighted by Crippen LogP contribution is -2.42. The Morgan fingerprint density at radius 1 is 1.21 bits per heavy atom. The van der Waals surface area contributed by atoms with Crippen LogP contribution in [-0.4, -0.2) is 57.2 Å². The minimum Gasteiger partial charge on any atom is -0.493 e. The van der Waals surface area contributed by atoms with Gasteiger partial charge in [-0.3, -0.25) is 4.79 Å². The van der Waals surface area contributed by atoms with Crippen molar-refractivity contribution in [2.45, 2.75) is 50.7 Å². The highest BCUT2D eigenvalue weighted by molar-refractivity contribution is 5.85. The lowest BCUT2D eigenvalue weighted by Gasteiger charge is -2.24. The number of amides is 1. The number of hydrogen-bond acceptors (Lipinski definition) is 5. The zero-order chi connectivity index (χ0) is 19.2. The zero-order valence-corrected chi connectivity index (χ0v) is 19.2. The molecule has 0 spiro atoms. The highest BCUT2D eigenvalue weighted by Crippen LogP contribution is 2.33. The first-order valence-corrected chi connectivity index (χ1v) is 10.0. The Labute approximate surface area is 186 Å². The number of halogens is 2. The van der Waals surface area contributed by atoms with Crippen LogP contribution in [0, 0.1) is 5.92 Å². The number of rotatable bonds is 8. The molecule has 0 bridgehead atoms. The van der Waals surface area contributed by atoms with Crippen molar-refractivity contribution in [2.75, 3.05) is 34.4 Å². The van der Waals surface area contributed by atoms with Crippen LogP contribution >= 0.6 is 24.8 Å². The summed E-state index contributed by atoms with van der Waals surface area (Å²) in [6, 6.07) is 6.32. The molecule has 1 saturated heterocycles. The van der Waals surface area contributed by atoms with Crippen molar-refractivity contribution in [3.05, 3.63) is 23.8 Å². The molecule has 29 heavy (non-hydrogen) atoms. The van der Waals surface area contributed by atoms with Crippen molar-refractivity contribution in [3.8, 4) is 11.5 Å². The Kier molecular flexibility index (Phi) is 11.1. The van der Waals surface area contributed by atoms with E-state index in [1.165, 1.54) is 25.7 Å². The van der Waals surface area contributed by atoms with Gasteiger partial charge in [-0.25, -0.2) is 0 Å². The van der Waals surface area contributed by atoms with Gasteiger partial charge in [0.2, 0.25) is 5.91 Å². The maximum atomic E-state index is 12.6. The van der Waals surface area contributed by atoms with Crippen molar-refractivity contribution in [3.63, 3.8) is 0 Å². The maximum absolute atomic E-state index is 12.6. The molecule has 2 fully saturated rings. The van der Waals surface area contributed by atoms with Crippen LogP contribution in [0.3, 0.4) is 0 Å². The Bertz CT molecular complexity index is 632. The van der Waals surface area contributed by atoms with E-state index in [4.69, 9.17) is 9.47 Å². The van der Waals surface area contributed by atoms with E-state index in [1.807, 2.05) is 32.3 Å². The minimum absolute atomic E-state index is 0. The van der Waals surface area contributed by atoms with Gasteiger partial charge in [-0.15, -0.1) is 24.8 Å². The largest absolute Gasteiger partial charge is 0.493 e. The van der Waals surface area contributed by atoms with Gasteiger partial charge in [-0.05, 0) is 57.0 Å². The molecule has 2 aliphatic rings. The van der Waals surface area contributed by atoms with Crippen LogP contribution in [0.4, 0.5) is 0 Å². The topological polar surface area (TPSA) is 62.8 Å². The predicted octanol–water partition coefficient (Wildman–Crippen LogP) is 3.02. The van der Waals surface area contributed by atoms with Crippen molar-refractivity contribution >= 4 is 30.7 Å². The van der Waals surface area contributed by atoms with Crippen LogP contribution in [0.15, 0.2) is 18.2 Å². The van der Waals surface area contributed by atoms with E-state index < -0.39 is 0 Å². The Hall–Kier alpha value is -1.21. The van der Waals surface area contributed by atoms with Crippen LogP contribution in [-0.2, 0) is 11.3 Å². The minimum atomic E-state index is -0.0476. The first-order valence-electron chi connectivity index (χ1n) is 10.0. The molecule has 6 nitrogen and oxygen atoms in total. The van der Waals surface area contributed by atoms with Crippen molar-refractivity contribution < 1.29 is 14.3 Å². The smallest absolute Gasteiger partial charge is 0.237 e. The van der Waals surface area contributed by atoms with Gasteiger partial charge >= 0.3 is 0 Å². The highest BCUT2D eigenvalue weighted by atomic mass is 35.5. The van der Waals surface area contributed by atoms with E-state index in [0.717, 1.165) is 24.3 Å². The summed E-state index contributed by atoms with van der Waals surface area (Å²) >= 11 is 0. The molecule has 1 aromatic rings. The van der Waals surface area contributed by atoms with Gasteiger partial charge in [0.15, 0.2) is 11.5 Å². The Morgan fingerprint density at radius 3 is 2.66 bits per heavy atom. The molecule has 2 N–H and O–H groups in total. The number of carbonyl (C=O) groups excluding carboxylic acids is 1. The van der Waals surface area contributed by atoms with E-state index in [9.17, 15) is 4.79 Å². The highest BCUT2D eigenvalue weighted by Gasteiger charge is 2.37. The predicted molar refractivity (Wildman–Crippen MR) is 121 cm³/mol. The van der Waals surface area contributed by atoms with E-state index in [1.54, 1.807) is 7.11 Å². The zero-order valence-electron chi connectivity index (χ0n) is 17.6. The molecular formula is C21H35Cl2N3O3. The lowest BCUT2D eigenvalue weighted by molar-refractivity contribution is -0.123. The molecule has 1 aliphatic heterocycles. The molecule has 1 aromatic carbocycles. The fourth-order valence-electron chi connectivity index (χ4n) is 4.11. The Balaban J connectivity index is 0.00000210. The molecule has 3 unspecified atom stereocenters. The molecule has 3 atom stereocenters. The number of ether oxygens (including phenoxy) is 2. The SMILES string of the molecule is COc1cc(CNC(=O)C2CC3CCCCC3N2)ccc1OCCN(C)C.Cl.Cl. The second-order valence-corrected chi connectivity index (χ2v) is 7.96. The number of methoxy groups -OCH3 is 1. The molecule has 1 amide bonds. The first-order chi connectivity index (χ1) is 13.1. The number of carbonyl (C=O) groups is 1. The summed E-state index contributed by atoms with van der Waals surface area (Å²) in [5.41, 5.74) is 1.01. The fraction of sp³-hybridized carbons (Fsp3) is 0.667. The average Bonchev–Trinajstić information content (AvgIpc) is 3.10. The number of fused-ring (bicyclic) bond motifs is 1. The monoisotopic (exact) mass is 447 g/mol. The van der Waals surface area contributed by atoms with Gasteiger partial charge in [0.1, 0.15) is 6.61 Å². The van der Waals surface area contributed by atoms with E-state index in [0.29, 0.717) is 30.9 Å². The van der Waals surface area contributed by atoms with Crippen LogP contribution in [0.25, 0.3) is 0 Å². The average molecular weight is 448 g/mol. The number of hydrogen-bond donors (Lipinski definition) is 2. The number of benzene rings is 1. The standard InChI is InChI=1S/C21H33N3O3.2ClH/c1-24(2)10-11-27-19-9-8-15(12-20(19)26-3)14-22-21(25)18-13-16-6-4-5-7-17(16)23-18;;/h8-9,12,16-18,23H,4-7,10-11,13-14H2,1-3H3,(H,22,25);2*1H. The summed E-state index contributed by atoms with van der Waals surface area (Å²) in [6.07, 6.45) is 6.03. The summed E-state index contributed by atoms with van der Waals surface area (Å²) in [6.45, 7) is 1.95. The van der Waals surface area contributed by atoms with Crippen LogP contribution in [0.1, 0.15) is 37.7 Å². The van der Waals surface area contributed by atoms with E-state index in [-0.39, 0.29) is 36.8 Å². The molecule has 166 valence electrons. The van der Waals surface area contributed by atoms with Gasteiger partial charge in [-0.2, -0.15) is 0 Å². The summed E-state index contributed by atoms with van der Waals surface area (Å²) in [5.74, 6) is 2.21. The molecule has 0 aromatic heterocycles. The lowest BCUT2D eigenvalue weighted by atomic mass is 9.85. The van der Waals surface area contributed by atoms with Gasteiger partial charge in [-0.1, -0.05) is 18.9 Å². The van der Waals surface area contributed by atoms with Crippen LogP contribution < -0.4 is 20.1 Å². The third kappa shape index (κ3) is 7.21. The third-order valence-corrected chi connectivity index (χ3v) is 5.67. The van der Waals surface area contributed by atoms with E-state index in [2.05, 4.69) is 15.5 Å². The molecule has 0 radical (unpaired) electrons. The van der Waals surface area contributed by atoms with Crippen molar-refractivity contribution in [1.29, 1.82) is 0 Å². The van der Waals surface area contributed by atoms with Gasteiger partial charge < -0.3 is 25.0 Å². The van der Waals surface area contributed by atoms with E-state index >= 15 is 0 Å². The van der Waals surface area contributed by atoms with Crippen molar-refractivity contribution in [2.24, 2.45) is 5.92 Å². The van der Waals surface area contributed by atoms with Gasteiger partial charge in [0.05, 0.1) is 13.2 Å². The molecule has 3 rings (SSSR count). The van der Waals surface area contributed by atoms with Crippen LogP contribution in [0.5, 0.6) is 11.5 Å². The molecule has 1 aliphatic carbocycles. The first kappa shape index (κ1) is 25.8. The number of likely N-dealkylation sites (N-methyl/N-ethyl adjacent to an activating group) is 1. The van der Waals surface area contributed by atoms with Crippen LogP contribution in [0.2, 0.25) is 0 Å². The summed E-state index contributed by atoms with van der Waals surface area (Å²) in [5, 5.41) is 6.61. The van der Waals surface area contributed by atoms with Gasteiger partial charge in [0, 0.05) is 19.1 Å². The third-order valence-electron chi connectivity index (χ3n) is 5.67. The quantitative estimate of drug-likeness (QED) is 0.640. The maximum Gasteiger partial charge on any atom is 0.237 e. The molecule has 1 saturated carbocycles. The fourth-order valence-corrected chi connectivity index (χ4v) is 4.11. The number of nitrogens with zero attached hydrogens (tertiary/aromatic N) is 1. The summed E-state index contributed by atoms with van der Waals surface area (Å²) < 4.78 is 11.2. The second-order valence-electron chi connectivity index (χ2n) is 7.96.